The van der Waals surface area contributed by atoms with Gasteiger partial charge in [0.25, 0.3) is 0 Å². The van der Waals surface area contributed by atoms with E-state index < -0.39 is 0 Å². The summed E-state index contributed by atoms with van der Waals surface area (Å²) in [5, 5.41) is 5.78. The van der Waals surface area contributed by atoms with Crippen molar-refractivity contribution in [2.45, 2.75) is 19.3 Å². The van der Waals surface area contributed by atoms with Crippen molar-refractivity contribution >= 4 is 34.7 Å². The molecule has 96 valence electrons. The predicted octanol–water partition coefficient (Wildman–Crippen LogP) is 3.16. The van der Waals surface area contributed by atoms with Gasteiger partial charge in [-0.2, -0.15) is 4.98 Å². The number of nitrogens with zero attached hydrogens (tertiary/aromatic N) is 2. The fraction of sp³-hybridized carbons (Fsp3) is 0.333. The first-order chi connectivity index (χ1) is 8.49. The number of anilines is 2. The molecule has 4 nitrogen and oxygen atoms in total. The lowest BCUT2D eigenvalue weighted by molar-refractivity contribution is 0.568. The number of hydrogen-bond donors (Lipinski definition) is 2. The van der Waals surface area contributed by atoms with Crippen molar-refractivity contribution in [3.8, 4) is 0 Å². The van der Waals surface area contributed by atoms with E-state index in [-0.39, 0.29) is 11.4 Å². The zero-order chi connectivity index (χ0) is 13.2. The van der Waals surface area contributed by atoms with Gasteiger partial charge in [-0.1, -0.05) is 31.5 Å². The maximum absolute atomic E-state index is 6.01. The summed E-state index contributed by atoms with van der Waals surface area (Å²) in [7, 11) is 0. The summed E-state index contributed by atoms with van der Waals surface area (Å²) in [4.78, 5) is 9.23. The Balaban J connectivity index is 2.09. The van der Waals surface area contributed by atoms with E-state index in [0.717, 1.165) is 6.54 Å². The average Bonchev–Trinajstić information content (AvgIpc) is 2.85. The normalized spacial score (nSPS) is 11.5. The van der Waals surface area contributed by atoms with Crippen molar-refractivity contribution in [1.29, 1.82) is 0 Å². The second-order valence-corrected chi connectivity index (χ2v) is 5.99. The third kappa shape index (κ3) is 2.91. The summed E-state index contributed by atoms with van der Waals surface area (Å²) in [6, 6.07) is 4.18. The zero-order valence-electron chi connectivity index (χ0n) is 10.3. The molecule has 0 unspecified atom stereocenters. The number of nitrogens with one attached hydrogen (secondary N) is 1. The van der Waals surface area contributed by atoms with E-state index in [9.17, 15) is 0 Å². The fourth-order valence-electron chi connectivity index (χ4n) is 1.56. The number of rotatable bonds is 4. The first-order valence-electron chi connectivity index (χ1n) is 5.55. The summed E-state index contributed by atoms with van der Waals surface area (Å²) in [6.07, 6.45) is 1.50. The molecule has 0 amide bonds. The van der Waals surface area contributed by atoms with Gasteiger partial charge in [-0.05, 0) is 11.4 Å². The highest BCUT2D eigenvalue weighted by atomic mass is 35.5. The Hall–Kier alpha value is -1.33. The Morgan fingerprint density at radius 3 is 2.94 bits per heavy atom. The van der Waals surface area contributed by atoms with Crippen LogP contribution in [-0.2, 0) is 5.41 Å². The van der Waals surface area contributed by atoms with Crippen LogP contribution >= 0.6 is 22.9 Å². The Kier molecular flexibility index (Phi) is 3.73. The van der Waals surface area contributed by atoms with Gasteiger partial charge in [-0.3, -0.25) is 0 Å². The highest BCUT2D eigenvalue weighted by molar-refractivity contribution is 7.10. The van der Waals surface area contributed by atoms with Crippen molar-refractivity contribution < 1.29 is 0 Å². The monoisotopic (exact) mass is 282 g/mol. The Morgan fingerprint density at radius 1 is 1.50 bits per heavy atom. The van der Waals surface area contributed by atoms with Gasteiger partial charge in [0, 0.05) is 16.8 Å². The molecule has 0 bridgehead atoms. The molecule has 0 spiro atoms. The molecule has 0 radical (unpaired) electrons. The van der Waals surface area contributed by atoms with Gasteiger partial charge < -0.3 is 11.1 Å². The number of nitrogens with two attached hydrogens (primary N) is 1. The third-order valence-corrected chi connectivity index (χ3v) is 4.16. The molecule has 0 saturated carbocycles. The Labute approximate surface area is 115 Å². The molecular formula is C12H15ClN4S. The van der Waals surface area contributed by atoms with E-state index in [4.69, 9.17) is 17.3 Å². The lowest BCUT2D eigenvalue weighted by Gasteiger charge is -2.24. The third-order valence-electron chi connectivity index (χ3n) is 2.65. The quantitative estimate of drug-likeness (QED) is 0.904. The van der Waals surface area contributed by atoms with Crippen LogP contribution < -0.4 is 11.1 Å². The van der Waals surface area contributed by atoms with Crippen LogP contribution in [-0.4, -0.2) is 16.5 Å². The van der Waals surface area contributed by atoms with Gasteiger partial charge in [0.1, 0.15) is 5.02 Å². The number of aromatic nitrogens is 2. The van der Waals surface area contributed by atoms with E-state index in [0.29, 0.717) is 10.8 Å². The predicted molar refractivity (Wildman–Crippen MR) is 77.3 cm³/mol. The van der Waals surface area contributed by atoms with Crippen molar-refractivity contribution in [2.24, 2.45) is 0 Å². The standard InChI is InChI=1S/C12H15ClN4S/c1-12(2,9-4-3-5-18-9)7-16-10-8(13)6-15-11(14)17-10/h3-6H,7H2,1-2H3,(H3,14,15,16,17). The summed E-state index contributed by atoms with van der Waals surface area (Å²) >= 11 is 7.75. The minimum atomic E-state index is 0.0111. The van der Waals surface area contributed by atoms with Crippen LogP contribution in [0, 0.1) is 0 Å². The maximum atomic E-state index is 6.01. The number of nitrogen functional groups attached to an aromatic ring is 1. The van der Waals surface area contributed by atoms with E-state index in [1.165, 1.54) is 11.1 Å². The first kappa shape index (κ1) is 13.1. The van der Waals surface area contributed by atoms with Crippen molar-refractivity contribution in [3.63, 3.8) is 0 Å². The number of halogens is 1. The summed E-state index contributed by atoms with van der Waals surface area (Å²) in [5.74, 6) is 0.796. The minimum absolute atomic E-state index is 0.0111. The van der Waals surface area contributed by atoms with Gasteiger partial charge in [0.2, 0.25) is 5.95 Å². The van der Waals surface area contributed by atoms with E-state index in [2.05, 4.69) is 46.6 Å². The molecule has 0 aliphatic heterocycles. The minimum Gasteiger partial charge on any atom is -0.368 e. The highest BCUT2D eigenvalue weighted by Gasteiger charge is 2.22. The zero-order valence-corrected chi connectivity index (χ0v) is 11.8. The SMILES string of the molecule is CC(C)(CNc1nc(N)ncc1Cl)c1cccs1. The van der Waals surface area contributed by atoms with Crippen LogP contribution in [0.5, 0.6) is 0 Å². The van der Waals surface area contributed by atoms with Crippen LogP contribution in [0.15, 0.2) is 23.7 Å². The largest absolute Gasteiger partial charge is 0.368 e. The smallest absolute Gasteiger partial charge is 0.222 e. The van der Waals surface area contributed by atoms with Crippen molar-refractivity contribution in [1.82, 2.24) is 9.97 Å². The molecule has 0 atom stereocenters. The Bertz CT molecular complexity index is 525. The van der Waals surface area contributed by atoms with Crippen molar-refractivity contribution in [3.05, 3.63) is 33.6 Å². The van der Waals surface area contributed by atoms with Gasteiger partial charge >= 0.3 is 0 Å². The molecular weight excluding hydrogens is 268 g/mol. The van der Waals surface area contributed by atoms with Crippen LogP contribution in [0.2, 0.25) is 5.02 Å². The van der Waals surface area contributed by atoms with Gasteiger partial charge in [-0.25, -0.2) is 4.98 Å². The lowest BCUT2D eigenvalue weighted by atomic mass is 9.91. The van der Waals surface area contributed by atoms with Crippen LogP contribution in [0.1, 0.15) is 18.7 Å². The number of thiophene rings is 1. The Morgan fingerprint density at radius 2 is 2.28 bits per heavy atom. The molecule has 18 heavy (non-hydrogen) atoms. The molecule has 0 saturated heterocycles. The van der Waals surface area contributed by atoms with E-state index >= 15 is 0 Å². The fourth-order valence-corrected chi connectivity index (χ4v) is 2.57. The van der Waals surface area contributed by atoms with Gasteiger partial charge in [0.05, 0.1) is 6.20 Å². The average molecular weight is 283 g/mol. The molecule has 0 aliphatic carbocycles. The topological polar surface area (TPSA) is 63.8 Å². The molecule has 2 aromatic heterocycles. The van der Waals surface area contributed by atoms with Crippen LogP contribution in [0.3, 0.4) is 0 Å². The van der Waals surface area contributed by atoms with E-state index in [1.807, 2.05) is 0 Å². The lowest BCUT2D eigenvalue weighted by Crippen LogP contribution is -2.27. The first-order valence-corrected chi connectivity index (χ1v) is 6.81. The van der Waals surface area contributed by atoms with Gasteiger partial charge in [-0.15, -0.1) is 11.3 Å². The molecule has 6 heteroatoms. The highest BCUT2D eigenvalue weighted by Crippen LogP contribution is 2.28. The summed E-state index contributed by atoms with van der Waals surface area (Å²) in [5.41, 5.74) is 5.55. The molecule has 2 heterocycles. The van der Waals surface area contributed by atoms with Gasteiger partial charge in [0.15, 0.2) is 5.82 Å². The van der Waals surface area contributed by atoms with Crippen molar-refractivity contribution in [2.75, 3.05) is 17.6 Å². The van der Waals surface area contributed by atoms with E-state index in [1.54, 1.807) is 11.3 Å². The molecule has 0 fully saturated rings. The second-order valence-electron chi connectivity index (χ2n) is 4.64. The molecule has 3 N–H and O–H groups in total. The summed E-state index contributed by atoms with van der Waals surface area (Å²) in [6.45, 7) is 5.07. The molecule has 0 aliphatic rings. The second kappa shape index (κ2) is 5.12. The number of hydrogen-bond acceptors (Lipinski definition) is 5. The molecule has 2 aromatic rings. The maximum Gasteiger partial charge on any atom is 0.222 e. The van der Waals surface area contributed by atoms with Crippen LogP contribution in [0.4, 0.5) is 11.8 Å². The molecule has 2 rings (SSSR count). The van der Waals surface area contributed by atoms with Crippen LogP contribution in [0.25, 0.3) is 0 Å². The molecule has 0 aromatic carbocycles. The summed E-state index contributed by atoms with van der Waals surface area (Å²) < 4.78 is 0.